The zero-order valence-electron chi connectivity index (χ0n) is 12.5. The van der Waals surface area contributed by atoms with E-state index in [4.69, 9.17) is 0 Å². The van der Waals surface area contributed by atoms with Crippen molar-refractivity contribution in [1.82, 2.24) is 10.3 Å². The van der Waals surface area contributed by atoms with Gasteiger partial charge in [0.15, 0.2) is 0 Å². The lowest BCUT2D eigenvalue weighted by atomic mass is 10.0. The smallest absolute Gasteiger partial charge is 0.231 e. The number of aromatic nitrogens is 1. The van der Waals surface area contributed by atoms with Crippen molar-refractivity contribution >= 4 is 28.6 Å². The molecule has 0 aromatic carbocycles. The Kier molecular flexibility index (Phi) is 3.75. The molecule has 0 spiro atoms. The predicted molar refractivity (Wildman–Crippen MR) is 94.6 cm³/mol. The monoisotopic (exact) mass is 340 g/mol. The maximum absolute atomic E-state index is 12.6. The van der Waals surface area contributed by atoms with E-state index in [0.717, 1.165) is 29.7 Å². The van der Waals surface area contributed by atoms with E-state index in [1.165, 1.54) is 4.88 Å². The van der Waals surface area contributed by atoms with Crippen LogP contribution >= 0.6 is 22.7 Å². The predicted octanol–water partition coefficient (Wildman–Crippen LogP) is 4.22. The number of carbonyl (C=O) groups excluding carboxylic acids is 1. The molecule has 1 N–H and O–H groups in total. The van der Waals surface area contributed by atoms with Crippen molar-refractivity contribution in [2.75, 3.05) is 0 Å². The molecule has 0 atom stereocenters. The molecule has 3 aromatic heterocycles. The van der Waals surface area contributed by atoms with Crippen LogP contribution in [0.15, 0.2) is 52.7 Å². The summed E-state index contributed by atoms with van der Waals surface area (Å²) in [4.78, 5) is 18.2. The average Bonchev–Trinajstić information content (AvgIpc) is 3.02. The molecule has 0 saturated heterocycles. The fraction of sp³-hybridized carbons (Fsp3) is 0.222. The number of thiophene rings is 2. The molecule has 1 amide bonds. The van der Waals surface area contributed by atoms with Crippen molar-refractivity contribution < 1.29 is 4.79 Å². The largest absolute Gasteiger partial charge is 0.351 e. The standard InChI is InChI=1S/C18H16N2OS2/c21-17(18(5-6-18)16-2-1-8-23-16)20-11-13-3-7-19-15(10-13)14-4-9-22-12-14/h1-4,7-10,12H,5-6,11H2,(H,20,21). The van der Waals surface area contributed by atoms with Gasteiger partial charge in [0.2, 0.25) is 5.91 Å². The summed E-state index contributed by atoms with van der Waals surface area (Å²) in [5.41, 5.74) is 2.89. The Balaban J connectivity index is 1.46. The van der Waals surface area contributed by atoms with Crippen LogP contribution in [0.2, 0.25) is 0 Å². The third-order valence-corrected chi connectivity index (χ3v) is 6.03. The molecule has 3 heterocycles. The van der Waals surface area contributed by atoms with Gasteiger partial charge < -0.3 is 5.32 Å². The highest BCUT2D eigenvalue weighted by atomic mass is 32.1. The molecule has 0 radical (unpaired) electrons. The van der Waals surface area contributed by atoms with E-state index in [1.807, 2.05) is 29.0 Å². The highest BCUT2D eigenvalue weighted by Crippen LogP contribution is 2.50. The number of carbonyl (C=O) groups is 1. The van der Waals surface area contributed by atoms with Crippen molar-refractivity contribution in [2.45, 2.75) is 24.8 Å². The van der Waals surface area contributed by atoms with Gasteiger partial charge in [-0.2, -0.15) is 11.3 Å². The third-order valence-electron chi connectivity index (χ3n) is 4.27. The van der Waals surface area contributed by atoms with E-state index in [1.54, 1.807) is 28.9 Å². The quantitative estimate of drug-likeness (QED) is 0.755. The van der Waals surface area contributed by atoms with Crippen LogP contribution in [0.1, 0.15) is 23.3 Å². The molecule has 23 heavy (non-hydrogen) atoms. The second kappa shape index (κ2) is 5.91. The Morgan fingerprint density at radius 2 is 2.17 bits per heavy atom. The average molecular weight is 340 g/mol. The minimum atomic E-state index is -0.266. The molecule has 0 unspecified atom stereocenters. The van der Waals surface area contributed by atoms with E-state index in [2.05, 4.69) is 27.8 Å². The van der Waals surface area contributed by atoms with Crippen LogP contribution in [0.5, 0.6) is 0 Å². The fourth-order valence-corrected chi connectivity index (χ4v) is 4.40. The highest BCUT2D eigenvalue weighted by molar-refractivity contribution is 7.10. The Morgan fingerprint density at radius 1 is 1.26 bits per heavy atom. The number of hydrogen-bond acceptors (Lipinski definition) is 4. The summed E-state index contributed by atoms with van der Waals surface area (Å²) in [7, 11) is 0. The lowest BCUT2D eigenvalue weighted by molar-refractivity contribution is -0.123. The van der Waals surface area contributed by atoms with Crippen molar-refractivity contribution in [3.8, 4) is 11.3 Å². The van der Waals surface area contributed by atoms with Gasteiger partial charge in [-0.3, -0.25) is 9.78 Å². The maximum Gasteiger partial charge on any atom is 0.231 e. The second-order valence-corrected chi connectivity index (χ2v) is 7.53. The molecule has 4 rings (SSSR count). The van der Waals surface area contributed by atoms with E-state index in [0.29, 0.717) is 6.54 Å². The lowest BCUT2D eigenvalue weighted by Gasteiger charge is -2.14. The number of nitrogens with zero attached hydrogens (tertiary/aromatic N) is 1. The highest BCUT2D eigenvalue weighted by Gasteiger charge is 2.51. The Bertz CT molecular complexity index is 805. The molecule has 5 heteroatoms. The van der Waals surface area contributed by atoms with Gasteiger partial charge in [0.1, 0.15) is 0 Å². The van der Waals surface area contributed by atoms with Crippen LogP contribution in [0.4, 0.5) is 0 Å². The van der Waals surface area contributed by atoms with Crippen LogP contribution in [0, 0.1) is 0 Å². The molecule has 1 aliphatic carbocycles. The van der Waals surface area contributed by atoms with Gasteiger partial charge in [-0.05, 0) is 53.4 Å². The molecule has 1 saturated carbocycles. The summed E-state index contributed by atoms with van der Waals surface area (Å²) in [6.07, 6.45) is 3.71. The van der Waals surface area contributed by atoms with Crippen LogP contribution in [-0.2, 0) is 16.8 Å². The molecule has 3 nitrogen and oxygen atoms in total. The van der Waals surface area contributed by atoms with Crippen molar-refractivity contribution in [3.63, 3.8) is 0 Å². The van der Waals surface area contributed by atoms with Gasteiger partial charge in [-0.25, -0.2) is 0 Å². The first kappa shape index (κ1) is 14.6. The molecular formula is C18H16N2OS2. The SMILES string of the molecule is O=C(NCc1ccnc(-c2ccsc2)c1)C1(c2cccs2)CC1. The van der Waals surface area contributed by atoms with E-state index < -0.39 is 0 Å². The summed E-state index contributed by atoms with van der Waals surface area (Å²) >= 11 is 3.33. The molecule has 3 aromatic rings. The maximum atomic E-state index is 12.6. The Hall–Kier alpha value is -1.98. The number of hydrogen-bond donors (Lipinski definition) is 1. The van der Waals surface area contributed by atoms with Gasteiger partial charge in [-0.15, -0.1) is 11.3 Å². The Labute approximate surface area is 143 Å². The minimum Gasteiger partial charge on any atom is -0.351 e. The molecule has 1 aliphatic rings. The van der Waals surface area contributed by atoms with E-state index >= 15 is 0 Å². The normalized spacial score (nSPS) is 15.3. The number of pyridine rings is 1. The second-order valence-electron chi connectivity index (χ2n) is 5.80. The zero-order valence-corrected chi connectivity index (χ0v) is 14.1. The fourth-order valence-electron chi connectivity index (χ4n) is 2.77. The van der Waals surface area contributed by atoms with Crippen LogP contribution in [0.3, 0.4) is 0 Å². The summed E-state index contributed by atoms with van der Waals surface area (Å²) < 4.78 is 0. The summed E-state index contributed by atoms with van der Waals surface area (Å²) in [5.74, 6) is 0.147. The summed E-state index contributed by atoms with van der Waals surface area (Å²) in [6.45, 7) is 0.547. The molecule has 0 bridgehead atoms. The van der Waals surface area contributed by atoms with Crippen LogP contribution in [-0.4, -0.2) is 10.9 Å². The van der Waals surface area contributed by atoms with Gasteiger partial charge >= 0.3 is 0 Å². The van der Waals surface area contributed by atoms with Gasteiger partial charge in [0.05, 0.1) is 11.1 Å². The van der Waals surface area contributed by atoms with Gasteiger partial charge in [0.25, 0.3) is 0 Å². The van der Waals surface area contributed by atoms with Crippen molar-refractivity contribution in [3.05, 3.63) is 63.1 Å². The number of amides is 1. The number of nitrogens with one attached hydrogen (secondary N) is 1. The first-order valence-corrected chi connectivity index (χ1v) is 9.40. The van der Waals surface area contributed by atoms with E-state index in [9.17, 15) is 4.79 Å². The minimum absolute atomic E-state index is 0.147. The van der Waals surface area contributed by atoms with Crippen molar-refractivity contribution in [1.29, 1.82) is 0 Å². The third kappa shape index (κ3) is 2.82. The van der Waals surface area contributed by atoms with Gasteiger partial charge in [-0.1, -0.05) is 6.07 Å². The van der Waals surface area contributed by atoms with Crippen molar-refractivity contribution in [2.24, 2.45) is 0 Å². The van der Waals surface area contributed by atoms with Crippen LogP contribution in [0.25, 0.3) is 11.3 Å². The first-order valence-electron chi connectivity index (χ1n) is 7.58. The molecular weight excluding hydrogens is 324 g/mol. The molecule has 116 valence electrons. The summed E-state index contributed by atoms with van der Waals surface area (Å²) in [5, 5.41) is 9.27. The van der Waals surface area contributed by atoms with E-state index in [-0.39, 0.29) is 11.3 Å². The summed E-state index contributed by atoms with van der Waals surface area (Å²) in [6, 6.07) is 10.2. The molecule has 0 aliphatic heterocycles. The van der Waals surface area contributed by atoms with Crippen LogP contribution < -0.4 is 5.32 Å². The number of rotatable bonds is 5. The first-order chi connectivity index (χ1) is 11.3. The van der Waals surface area contributed by atoms with Gasteiger partial charge in [0, 0.05) is 28.6 Å². The Morgan fingerprint density at radius 3 is 2.87 bits per heavy atom. The molecule has 1 fully saturated rings. The topological polar surface area (TPSA) is 42.0 Å². The lowest BCUT2D eigenvalue weighted by Crippen LogP contribution is -2.33. The zero-order chi connectivity index (χ0) is 15.7.